The number of Topliss-reactive ketones (excluding diaryl/α,β-unsaturated/α-hetero) is 1. The van der Waals surface area contributed by atoms with Crippen molar-refractivity contribution >= 4 is 5.78 Å². The average molecular weight is 360 g/mol. The van der Waals surface area contributed by atoms with E-state index in [0.717, 1.165) is 12.0 Å². The molecular formula is C19H28N4O3. The Morgan fingerprint density at radius 3 is 2.92 bits per heavy atom. The molecule has 3 rings (SSSR count). The van der Waals surface area contributed by atoms with Crippen molar-refractivity contribution in [3.63, 3.8) is 0 Å². The molecule has 0 unspecified atom stereocenters. The summed E-state index contributed by atoms with van der Waals surface area (Å²) in [5, 5.41) is 14.1. The second kappa shape index (κ2) is 7.10. The van der Waals surface area contributed by atoms with Crippen molar-refractivity contribution in [3.05, 3.63) is 18.0 Å². The van der Waals surface area contributed by atoms with Gasteiger partial charge in [-0.1, -0.05) is 13.8 Å². The van der Waals surface area contributed by atoms with E-state index in [1.165, 1.54) is 0 Å². The van der Waals surface area contributed by atoms with E-state index >= 15 is 0 Å². The molecule has 1 aliphatic heterocycles. The number of carbonyl (C=O) groups excluding carboxylic acids is 1. The maximum atomic E-state index is 13.0. The molecule has 2 fully saturated rings. The highest BCUT2D eigenvalue weighted by atomic mass is 16.5. The van der Waals surface area contributed by atoms with E-state index in [2.05, 4.69) is 25.0 Å². The predicted octanol–water partition coefficient (Wildman–Crippen LogP) is 2.35. The van der Waals surface area contributed by atoms with Gasteiger partial charge in [0, 0.05) is 25.1 Å². The molecule has 142 valence electrons. The van der Waals surface area contributed by atoms with Crippen LogP contribution in [0.5, 0.6) is 0 Å². The molecule has 2 N–H and O–H groups in total. The van der Waals surface area contributed by atoms with E-state index < -0.39 is 12.1 Å². The molecule has 1 aromatic heterocycles. The fourth-order valence-corrected chi connectivity index (χ4v) is 4.43. The van der Waals surface area contributed by atoms with Crippen LogP contribution in [0, 0.1) is 28.6 Å². The highest BCUT2D eigenvalue weighted by Gasteiger charge is 2.53. The Labute approximate surface area is 154 Å². The van der Waals surface area contributed by atoms with Gasteiger partial charge >= 0.3 is 0 Å². The Balaban J connectivity index is 1.96. The van der Waals surface area contributed by atoms with Crippen molar-refractivity contribution < 1.29 is 14.3 Å². The maximum Gasteiger partial charge on any atom is 0.147 e. The van der Waals surface area contributed by atoms with E-state index in [1.54, 1.807) is 10.9 Å². The first kappa shape index (κ1) is 19.0. The Morgan fingerprint density at radius 2 is 2.27 bits per heavy atom. The lowest BCUT2D eigenvalue weighted by Gasteiger charge is -2.48. The van der Waals surface area contributed by atoms with Crippen LogP contribution >= 0.6 is 0 Å². The third-order valence-electron chi connectivity index (χ3n) is 5.57. The molecule has 6 atom stereocenters. The Kier molecular flexibility index (Phi) is 5.20. The minimum atomic E-state index is -0.708. The monoisotopic (exact) mass is 360 g/mol. The van der Waals surface area contributed by atoms with Crippen molar-refractivity contribution in [2.45, 2.75) is 65.0 Å². The molecule has 0 radical (unpaired) electrons. The summed E-state index contributed by atoms with van der Waals surface area (Å²) in [5.74, 6) is -1.09. The number of aromatic nitrogens is 2. The number of nitriles is 1. The van der Waals surface area contributed by atoms with Gasteiger partial charge in [-0.05, 0) is 31.2 Å². The van der Waals surface area contributed by atoms with E-state index in [1.807, 2.05) is 20.0 Å². The van der Waals surface area contributed by atoms with Crippen molar-refractivity contribution in [1.82, 2.24) is 9.78 Å². The molecule has 1 aliphatic carbocycles. The standard InChI is InChI=1S/C19H28N4O3/c1-5-25-11(2)23-10-12(9-22-23)16-13(8-20)18(21)26-15-7-19(3,4)6-14(24)17(15)16/h9-11,13,15-18H,5-7,21H2,1-4H3/t11-,13+,15-,16-,17-,18-/m1/s1. The summed E-state index contributed by atoms with van der Waals surface area (Å²) in [5.41, 5.74) is 6.90. The average Bonchev–Trinajstić information content (AvgIpc) is 3.02. The fraction of sp³-hybridized carbons (Fsp3) is 0.737. The Hall–Kier alpha value is -1.75. The summed E-state index contributed by atoms with van der Waals surface area (Å²) in [6, 6.07) is 2.27. The van der Waals surface area contributed by atoms with Crippen molar-refractivity contribution in [2.75, 3.05) is 6.61 Å². The van der Waals surface area contributed by atoms with Gasteiger partial charge in [0.15, 0.2) is 0 Å². The molecule has 2 heterocycles. The van der Waals surface area contributed by atoms with Crippen LogP contribution in [0.25, 0.3) is 0 Å². The Bertz CT molecular complexity index is 708. The van der Waals surface area contributed by atoms with E-state index in [4.69, 9.17) is 15.2 Å². The zero-order chi connectivity index (χ0) is 19.1. The lowest BCUT2D eigenvalue weighted by Crippen LogP contribution is -2.56. The number of ether oxygens (including phenoxy) is 2. The lowest BCUT2D eigenvalue weighted by atomic mass is 9.62. The molecule has 0 spiro atoms. The van der Waals surface area contributed by atoms with Gasteiger partial charge < -0.3 is 15.2 Å². The van der Waals surface area contributed by atoms with Crippen LogP contribution in [-0.2, 0) is 14.3 Å². The first-order valence-corrected chi connectivity index (χ1v) is 9.26. The van der Waals surface area contributed by atoms with Crippen LogP contribution in [0.3, 0.4) is 0 Å². The number of hydrogen-bond donors (Lipinski definition) is 1. The Morgan fingerprint density at radius 1 is 1.54 bits per heavy atom. The molecule has 1 aromatic rings. The normalized spacial score (nSPS) is 34.8. The minimum absolute atomic E-state index is 0.115. The first-order valence-electron chi connectivity index (χ1n) is 9.26. The highest BCUT2D eigenvalue weighted by molar-refractivity contribution is 5.84. The van der Waals surface area contributed by atoms with Crippen molar-refractivity contribution in [3.8, 4) is 6.07 Å². The summed E-state index contributed by atoms with van der Waals surface area (Å²) in [6.45, 7) is 8.57. The number of carbonyl (C=O) groups is 1. The fourth-order valence-electron chi connectivity index (χ4n) is 4.43. The van der Waals surface area contributed by atoms with Gasteiger partial charge in [0.2, 0.25) is 0 Å². The number of ketones is 1. The highest BCUT2D eigenvalue weighted by Crippen LogP contribution is 2.49. The largest absolute Gasteiger partial charge is 0.358 e. The molecule has 7 nitrogen and oxygen atoms in total. The van der Waals surface area contributed by atoms with Crippen molar-refractivity contribution in [1.29, 1.82) is 5.26 Å². The van der Waals surface area contributed by atoms with Gasteiger partial charge in [0.1, 0.15) is 18.2 Å². The molecule has 1 saturated heterocycles. The molecule has 26 heavy (non-hydrogen) atoms. The van der Waals surface area contributed by atoms with E-state index in [9.17, 15) is 10.1 Å². The number of fused-ring (bicyclic) bond motifs is 1. The minimum Gasteiger partial charge on any atom is -0.358 e. The summed E-state index contributed by atoms with van der Waals surface area (Å²) >= 11 is 0. The second-order valence-electron chi connectivity index (χ2n) is 8.17. The van der Waals surface area contributed by atoms with Crippen LogP contribution < -0.4 is 5.73 Å². The van der Waals surface area contributed by atoms with Gasteiger partial charge in [-0.25, -0.2) is 4.68 Å². The van der Waals surface area contributed by atoms with Crippen LogP contribution in [0.4, 0.5) is 0 Å². The number of nitrogens with zero attached hydrogens (tertiary/aromatic N) is 3. The predicted molar refractivity (Wildman–Crippen MR) is 94.8 cm³/mol. The molecule has 1 saturated carbocycles. The molecule has 7 heteroatoms. The van der Waals surface area contributed by atoms with Crippen LogP contribution in [0.15, 0.2) is 12.4 Å². The topological polar surface area (TPSA) is 103 Å². The SMILES string of the molecule is CCO[C@H](C)n1cc([C@@H]2[C@H](C#N)[C@H](N)O[C@@H]3CC(C)(C)CC(=O)[C@@H]23)cn1. The summed E-state index contributed by atoms with van der Waals surface area (Å²) in [7, 11) is 0. The van der Waals surface area contributed by atoms with Gasteiger partial charge in [-0.2, -0.15) is 10.4 Å². The number of hydrogen-bond acceptors (Lipinski definition) is 6. The smallest absolute Gasteiger partial charge is 0.147 e. The summed E-state index contributed by atoms with van der Waals surface area (Å²) in [6.07, 6.45) is 3.67. The van der Waals surface area contributed by atoms with Crippen LogP contribution in [0.1, 0.15) is 58.2 Å². The van der Waals surface area contributed by atoms with Gasteiger partial charge in [0.05, 0.1) is 30.2 Å². The quantitative estimate of drug-likeness (QED) is 0.884. The summed E-state index contributed by atoms with van der Waals surface area (Å²) in [4.78, 5) is 13.0. The maximum absolute atomic E-state index is 13.0. The zero-order valence-corrected chi connectivity index (χ0v) is 15.9. The second-order valence-corrected chi connectivity index (χ2v) is 8.17. The third kappa shape index (κ3) is 3.41. The van der Waals surface area contributed by atoms with Crippen molar-refractivity contribution in [2.24, 2.45) is 23.0 Å². The van der Waals surface area contributed by atoms with E-state index in [-0.39, 0.29) is 35.4 Å². The lowest BCUT2D eigenvalue weighted by molar-refractivity contribution is -0.163. The van der Waals surface area contributed by atoms with Gasteiger partial charge in [0.25, 0.3) is 0 Å². The number of nitrogens with two attached hydrogens (primary N) is 1. The van der Waals surface area contributed by atoms with Crippen LogP contribution in [-0.4, -0.2) is 34.5 Å². The molecule has 2 aliphatic rings. The number of rotatable bonds is 4. The third-order valence-corrected chi connectivity index (χ3v) is 5.57. The molecule has 0 amide bonds. The first-order chi connectivity index (χ1) is 12.3. The zero-order valence-electron chi connectivity index (χ0n) is 15.9. The molecule has 0 bridgehead atoms. The van der Waals surface area contributed by atoms with E-state index in [0.29, 0.717) is 13.0 Å². The van der Waals surface area contributed by atoms with Gasteiger partial charge in [-0.3, -0.25) is 4.79 Å². The summed E-state index contributed by atoms with van der Waals surface area (Å²) < 4.78 is 13.2. The molecule has 0 aromatic carbocycles. The van der Waals surface area contributed by atoms with Crippen LogP contribution in [0.2, 0.25) is 0 Å². The molecular weight excluding hydrogens is 332 g/mol. The van der Waals surface area contributed by atoms with Gasteiger partial charge in [-0.15, -0.1) is 0 Å².